The number of likely N-dealkylation sites (N-methyl/N-ethyl adjacent to an activating group) is 1. The number of carbonyl (C=O) groups is 1. The number of carbonyl (C=O) groups excluding carboxylic acids is 1. The van der Waals surface area contributed by atoms with Crippen LogP contribution in [0, 0.1) is 22.7 Å². The molecule has 2 rings (SSSR count). The zero-order valence-electron chi connectivity index (χ0n) is 11.6. The number of para-hydroxylation sites is 1. The van der Waals surface area contributed by atoms with E-state index >= 15 is 0 Å². The van der Waals surface area contributed by atoms with Crippen molar-refractivity contribution in [2.24, 2.45) is 0 Å². The summed E-state index contributed by atoms with van der Waals surface area (Å²) in [5.41, 5.74) is 1.25. The highest BCUT2D eigenvalue weighted by atomic mass is 16.2. The van der Waals surface area contributed by atoms with E-state index in [1.807, 2.05) is 24.0 Å². The summed E-state index contributed by atoms with van der Waals surface area (Å²) in [5.74, 6) is -0.0719. The molecule has 5 heteroatoms. The van der Waals surface area contributed by atoms with Gasteiger partial charge in [-0.2, -0.15) is 10.5 Å². The Morgan fingerprint density at radius 2 is 2.05 bits per heavy atom. The standard InChI is InChI=1S/C15H16N4O/c1-11-10-18(2)15(20)14(7-8-16)19(11)13-6-4-3-5-12(13)9-17/h3-6,11,14H,7,10H2,1-2H3. The van der Waals surface area contributed by atoms with E-state index in [1.54, 1.807) is 24.1 Å². The number of amides is 1. The van der Waals surface area contributed by atoms with Gasteiger partial charge in [0.25, 0.3) is 0 Å². The van der Waals surface area contributed by atoms with Gasteiger partial charge in [-0.05, 0) is 19.1 Å². The van der Waals surface area contributed by atoms with Crippen LogP contribution in [-0.2, 0) is 4.79 Å². The zero-order valence-corrected chi connectivity index (χ0v) is 11.6. The fourth-order valence-corrected chi connectivity index (χ4v) is 2.73. The molecule has 1 aliphatic rings. The highest BCUT2D eigenvalue weighted by Gasteiger charge is 2.38. The van der Waals surface area contributed by atoms with Gasteiger partial charge in [0.2, 0.25) is 5.91 Å². The van der Waals surface area contributed by atoms with Crippen LogP contribution >= 0.6 is 0 Å². The monoisotopic (exact) mass is 268 g/mol. The van der Waals surface area contributed by atoms with Gasteiger partial charge < -0.3 is 9.80 Å². The molecule has 1 amide bonds. The van der Waals surface area contributed by atoms with Crippen molar-refractivity contribution in [1.82, 2.24) is 4.90 Å². The molecule has 0 saturated carbocycles. The van der Waals surface area contributed by atoms with Gasteiger partial charge >= 0.3 is 0 Å². The molecule has 102 valence electrons. The molecule has 2 atom stereocenters. The second-order valence-electron chi connectivity index (χ2n) is 4.98. The second-order valence-corrected chi connectivity index (χ2v) is 4.98. The average Bonchev–Trinajstić information content (AvgIpc) is 2.45. The summed E-state index contributed by atoms with van der Waals surface area (Å²) in [7, 11) is 1.75. The van der Waals surface area contributed by atoms with Crippen LogP contribution in [0.1, 0.15) is 18.9 Å². The maximum absolute atomic E-state index is 12.3. The number of hydrogen-bond acceptors (Lipinski definition) is 4. The molecule has 2 unspecified atom stereocenters. The summed E-state index contributed by atoms with van der Waals surface area (Å²) < 4.78 is 0. The molecule has 1 aromatic carbocycles. The number of nitriles is 2. The Hall–Kier alpha value is -2.53. The summed E-state index contributed by atoms with van der Waals surface area (Å²) in [6.45, 7) is 2.59. The van der Waals surface area contributed by atoms with Crippen LogP contribution in [0.2, 0.25) is 0 Å². The third kappa shape index (κ3) is 2.31. The molecule has 1 aliphatic heterocycles. The lowest BCUT2D eigenvalue weighted by atomic mass is 10.0. The summed E-state index contributed by atoms with van der Waals surface area (Å²) in [6, 6.07) is 11.0. The first-order valence-corrected chi connectivity index (χ1v) is 6.49. The number of rotatable bonds is 2. The molecule has 0 spiro atoms. The Bertz CT molecular complexity index is 599. The molecule has 0 radical (unpaired) electrons. The zero-order chi connectivity index (χ0) is 14.7. The van der Waals surface area contributed by atoms with Crippen LogP contribution in [0.5, 0.6) is 0 Å². The highest BCUT2D eigenvalue weighted by Crippen LogP contribution is 2.29. The van der Waals surface area contributed by atoms with Crippen LogP contribution in [0.25, 0.3) is 0 Å². The van der Waals surface area contributed by atoms with Crippen LogP contribution in [-0.4, -0.2) is 36.5 Å². The third-order valence-corrected chi connectivity index (χ3v) is 3.60. The maximum Gasteiger partial charge on any atom is 0.246 e. The van der Waals surface area contributed by atoms with Crippen molar-refractivity contribution in [2.75, 3.05) is 18.5 Å². The van der Waals surface area contributed by atoms with Crippen molar-refractivity contribution in [2.45, 2.75) is 25.4 Å². The van der Waals surface area contributed by atoms with E-state index in [4.69, 9.17) is 5.26 Å². The van der Waals surface area contributed by atoms with Gasteiger partial charge in [0.15, 0.2) is 0 Å². The molecule has 1 fully saturated rings. The number of nitrogens with zero attached hydrogens (tertiary/aromatic N) is 4. The average molecular weight is 268 g/mol. The Kier molecular flexibility index (Phi) is 3.91. The van der Waals surface area contributed by atoms with Crippen molar-refractivity contribution in [3.05, 3.63) is 29.8 Å². The van der Waals surface area contributed by atoms with Crippen LogP contribution in [0.4, 0.5) is 5.69 Å². The molecule has 1 heterocycles. The number of benzene rings is 1. The summed E-state index contributed by atoms with van der Waals surface area (Å²) >= 11 is 0. The van der Waals surface area contributed by atoms with Crippen molar-refractivity contribution in [3.63, 3.8) is 0 Å². The fraction of sp³-hybridized carbons (Fsp3) is 0.400. The van der Waals surface area contributed by atoms with Crippen LogP contribution in [0.15, 0.2) is 24.3 Å². The minimum Gasteiger partial charge on any atom is -0.353 e. The molecule has 1 aromatic rings. The molecule has 1 saturated heterocycles. The normalized spacial score (nSPS) is 22.3. The summed E-state index contributed by atoms with van der Waals surface area (Å²) in [5, 5.41) is 18.2. The maximum atomic E-state index is 12.3. The van der Waals surface area contributed by atoms with E-state index in [0.29, 0.717) is 12.1 Å². The highest BCUT2D eigenvalue weighted by molar-refractivity contribution is 5.87. The van der Waals surface area contributed by atoms with E-state index in [9.17, 15) is 10.1 Å². The quantitative estimate of drug-likeness (QED) is 0.815. The summed E-state index contributed by atoms with van der Waals surface area (Å²) in [4.78, 5) is 15.9. The van der Waals surface area contributed by atoms with E-state index in [0.717, 1.165) is 5.69 Å². The number of anilines is 1. The Morgan fingerprint density at radius 1 is 1.35 bits per heavy atom. The van der Waals surface area contributed by atoms with Gasteiger partial charge in [-0.1, -0.05) is 12.1 Å². The molecule has 0 bridgehead atoms. The topological polar surface area (TPSA) is 71.1 Å². The molecule has 5 nitrogen and oxygen atoms in total. The van der Waals surface area contributed by atoms with E-state index in [2.05, 4.69) is 12.1 Å². The van der Waals surface area contributed by atoms with Crippen molar-refractivity contribution >= 4 is 11.6 Å². The van der Waals surface area contributed by atoms with Crippen LogP contribution < -0.4 is 4.90 Å². The Labute approximate surface area is 118 Å². The predicted octanol–water partition coefficient (Wildman–Crippen LogP) is 1.51. The first kappa shape index (κ1) is 13.9. The van der Waals surface area contributed by atoms with Crippen molar-refractivity contribution in [1.29, 1.82) is 10.5 Å². The molecule has 20 heavy (non-hydrogen) atoms. The van der Waals surface area contributed by atoms with Gasteiger partial charge in [-0.3, -0.25) is 4.79 Å². The first-order chi connectivity index (χ1) is 9.60. The number of hydrogen-bond donors (Lipinski definition) is 0. The second kappa shape index (κ2) is 5.63. The largest absolute Gasteiger partial charge is 0.353 e. The third-order valence-electron chi connectivity index (χ3n) is 3.60. The van der Waals surface area contributed by atoms with Gasteiger partial charge in [0.1, 0.15) is 12.1 Å². The molecular weight excluding hydrogens is 252 g/mol. The minimum atomic E-state index is -0.525. The van der Waals surface area contributed by atoms with Crippen molar-refractivity contribution in [3.8, 4) is 12.1 Å². The lowest BCUT2D eigenvalue weighted by Gasteiger charge is -2.44. The molecule has 0 N–H and O–H groups in total. The van der Waals surface area contributed by atoms with Gasteiger partial charge in [-0.15, -0.1) is 0 Å². The first-order valence-electron chi connectivity index (χ1n) is 6.49. The minimum absolute atomic E-state index is 0.0607. The Morgan fingerprint density at radius 3 is 2.70 bits per heavy atom. The SMILES string of the molecule is CC1CN(C)C(=O)C(CC#N)N1c1ccccc1C#N. The number of piperazine rings is 1. The van der Waals surface area contributed by atoms with Crippen LogP contribution in [0.3, 0.4) is 0 Å². The van der Waals surface area contributed by atoms with Gasteiger partial charge in [-0.25, -0.2) is 0 Å². The smallest absolute Gasteiger partial charge is 0.246 e. The van der Waals surface area contributed by atoms with Gasteiger partial charge in [0.05, 0.1) is 23.7 Å². The lowest BCUT2D eigenvalue weighted by Crippen LogP contribution is -2.60. The molecule has 0 aromatic heterocycles. The predicted molar refractivity (Wildman–Crippen MR) is 74.8 cm³/mol. The van der Waals surface area contributed by atoms with Gasteiger partial charge in [0, 0.05) is 19.6 Å². The van der Waals surface area contributed by atoms with Crippen molar-refractivity contribution < 1.29 is 4.79 Å². The Balaban J connectivity index is 2.48. The summed E-state index contributed by atoms with van der Waals surface area (Å²) in [6.07, 6.45) is 0.118. The molecular formula is C15H16N4O. The molecule has 0 aliphatic carbocycles. The van der Waals surface area contributed by atoms with E-state index in [1.165, 1.54) is 0 Å². The van der Waals surface area contributed by atoms with E-state index < -0.39 is 6.04 Å². The lowest BCUT2D eigenvalue weighted by molar-refractivity contribution is -0.133. The fourth-order valence-electron chi connectivity index (χ4n) is 2.73. The van der Waals surface area contributed by atoms with E-state index in [-0.39, 0.29) is 18.4 Å².